The maximum absolute atomic E-state index is 11.8. The van der Waals surface area contributed by atoms with E-state index in [0.717, 1.165) is 11.9 Å². The van der Waals surface area contributed by atoms with Crippen molar-refractivity contribution in [3.63, 3.8) is 0 Å². The van der Waals surface area contributed by atoms with E-state index in [0.29, 0.717) is 6.61 Å². The van der Waals surface area contributed by atoms with Crippen LogP contribution in [0, 0.1) is 5.92 Å². The lowest BCUT2D eigenvalue weighted by Crippen LogP contribution is -2.66. The van der Waals surface area contributed by atoms with Crippen LogP contribution in [0.25, 0.3) is 0 Å². The SMILES string of the molecule is C/C(=C/[C@@H](OC(=O)CBr)[C@H](C)C=O)CO[Si](c1ccccc1)(c1ccccc1)C(C)(C)C. The minimum absolute atomic E-state index is 0.0839. The molecule has 2 aromatic rings. The molecular weight excluding hydrogens is 484 g/mol. The Morgan fingerprint density at radius 3 is 1.94 bits per heavy atom. The molecule has 0 saturated carbocycles. The van der Waals surface area contributed by atoms with Crippen molar-refractivity contribution in [2.24, 2.45) is 5.92 Å². The van der Waals surface area contributed by atoms with Crippen LogP contribution in [0.3, 0.4) is 0 Å². The highest BCUT2D eigenvalue weighted by atomic mass is 79.9. The summed E-state index contributed by atoms with van der Waals surface area (Å²) in [5.74, 6) is -0.846. The van der Waals surface area contributed by atoms with Gasteiger partial charge in [0.25, 0.3) is 8.32 Å². The van der Waals surface area contributed by atoms with Gasteiger partial charge in [0.2, 0.25) is 0 Å². The molecule has 0 N–H and O–H groups in total. The van der Waals surface area contributed by atoms with Crippen molar-refractivity contribution in [1.82, 2.24) is 0 Å². The Morgan fingerprint density at radius 2 is 1.53 bits per heavy atom. The zero-order chi connectivity index (χ0) is 23.8. The highest BCUT2D eigenvalue weighted by molar-refractivity contribution is 9.09. The van der Waals surface area contributed by atoms with Gasteiger partial charge in [-0.3, -0.25) is 4.79 Å². The maximum atomic E-state index is 11.8. The van der Waals surface area contributed by atoms with Crippen LogP contribution < -0.4 is 10.4 Å². The van der Waals surface area contributed by atoms with Gasteiger partial charge in [-0.2, -0.15) is 0 Å². The number of halogens is 1. The molecule has 0 saturated heterocycles. The fourth-order valence-electron chi connectivity index (χ4n) is 3.87. The summed E-state index contributed by atoms with van der Waals surface area (Å²) < 4.78 is 12.4. The molecule has 172 valence electrons. The number of esters is 1. The van der Waals surface area contributed by atoms with Crippen molar-refractivity contribution in [3.05, 3.63) is 72.3 Å². The van der Waals surface area contributed by atoms with Crippen molar-refractivity contribution in [2.75, 3.05) is 11.9 Å². The van der Waals surface area contributed by atoms with E-state index in [1.165, 1.54) is 10.4 Å². The Morgan fingerprint density at radius 1 is 1.03 bits per heavy atom. The molecule has 0 aliphatic heterocycles. The Balaban J connectivity index is 2.45. The normalized spacial score (nSPS) is 14.5. The number of carbonyl (C=O) groups excluding carboxylic acids is 2. The predicted octanol–water partition coefficient (Wildman–Crippen LogP) is 4.65. The molecule has 0 amide bonds. The van der Waals surface area contributed by atoms with Gasteiger partial charge in [-0.25, -0.2) is 0 Å². The van der Waals surface area contributed by atoms with Gasteiger partial charge in [-0.15, -0.1) is 0 Å². The highest BCUT2D eigenvalue weighted by Crippen LogP contribution is 2.37. The summed E-state index contributed by atoms with van der Waals surface area (Å²) in [4.78, 5) is 23.2. The Bertz CT molecular complexity index is 867. The van der Waals surface area contributed by atoms with Gasteiger partial charge in [0.05, 0.1) is 12.5 Å². The average molecular weight is 518 g/mol. The van der Waals surface area contributed by atoms with E-state index in [-0.39, 0.29) is 10.4 Å². The average Bonchev–Trinajstić information content (AvgIpc) is 2.78. The number of aldehydes is 1. The molecule has 0 bridgehead atoms. The second kappa shape index (κ2) is 11.7. The van der Waals surface area contributed by atoms with Crippen molar-refractivity contribution < 1.29 is 18.8 Å². The lowest BCUT2D eigenvalue weighted by atomic mass is 10.0. The molecule has 2 atom stereocenters. The van der Waals surface area contributed by atoms with Gasteiger partial charge in [-0.1, -0.05) is 104 Å². The molecule has 6 heteroatoms. The van der Waals surface area contributed by atoms with Crippen LogP contribution in [0.2, 0.25) is 5.04 Å². The summed E-state index contributed by atoms with van der Waals surface area (Å²) >= 11 is 3.11. The van der Waals surface area contributed by atoms with Crippen LogP contribution in [-0.2, 0) is 18.8 Å². The molecule has 0 aliphatic carbocycles. The summed E-state index contributed by atoms with van der Waals surface area (Å²) in [6.45, 7) is 10.8. The molecule has 2 rings (SSSR count). The topological polar surface area (TPSA) is 52.6 Å². The van der Waals surface area contributed by atoms with Crippen molar-refractivity contribution >= 4 is 46.9 Å². The third-order valence-corrected chi connectivity index (χ3v) is 10.9. The van der Waals surface area contributed by atoms with Crippen molar-refractivity contribution in [3.8, 4) is 0 Å². The van der Waals surface area contributed by atoms with Crippen LogP contribution in [0.4, 0.5) is 0 Å². The third kappa shape index (κ3) is 6.27. The van der Waals surface area contributed by atoms with Gasteiger partial charge in [0, 0.05) is 0 Å². The number of alkyl halides is 1. The fourth-order valence-corrected chi connectivity index (χ4v) is 8.60. The van der Waals surface area contributed by atoms with E-state index in [1.807, 2.05) is 25.1 Å². The second-order valence-corrected chi connectivity index (χ2v) is 13.9. The monoisotopic (exact) mass is 516 g/mol. The molecular formula is C26H33BrO4Si. The summed E-state index contributed by atoms with van der Waals surface area (Å²) in [5, 5.41) is 2.36. The van der Waals surface area contributed by atoms with Crippen molar-refractivity contribution in [2.45, 2.75) is 45.8 Å². The van der Waals surface area contributed by atoms with E-state index in [1.54, 1.807) is 6.92 Å². The van der Waals surface area contributed by atoms with E-state index >= 15 is 0 Å². The van der Waals surface area contributed by atoms with Crippen LogP contribution in [0.15, 0.2) is 72.3 Å². The lowest BCUT2D eigenvalue weighted by Gasteiger charge is -2.43. The molecule has 0 fully saturated rings. The molecule has 0 aromatic heterocycles. The number of benzene rings is 2. The van der Waals surface area contributed by atoms with Gasteiger partial charge in [0.15, 0.2) is 0 Å². The number of rotatable bonds is 10. The number of carbonyl (C=O) groups is 2. The Labute approximate surface area is 201 Å². The molecule has 4 nitrogen and oxygen atoms in total. The first-order chi connectivity index (χ1) is 15.2. The van der Waals surface area contributed by atoms with E-state index in [9.17, 15) is 9.59 Å². The zero-order valence-electron chi connectivity index (χ0n) is 19.5. The van der Waals surface area contributed by atoms with Gasteiger partial charge in [-0.05, 0) is 34.0 Å². The minimum atomic E-state index is -2.66. The van der Waals surface area contributed by atoms with Crippen LogP contribution in [0.5, 0.6) is 0 Å². The number of ether oxygens (including phenoxy) is 1. The number of hydrogen-bond donors (Lipinski definition) is 0. The first kappa shape index (κ1) is 26.2. The summed E-state index contributed by atoms with van der Waals surface area (Å²) in [6.07, 6.45) is 2.01. The largest absolute Gasteiger partial charge is 0.457 e. The zero-order valence-corrected chi connectivity index (χ0v) is 22.1. The van der Waals surface area contributed by atoms with E-state index < -0.39 is 26.3 Å². The van der Waals surface area contributed by atoms with Gasteiger partial charge < -0.3 is 14.0 Å². The van der Waals surface area contributed by atoms with Crippen molar-refractivity contribution in [1.29, 1.82) is 0 Å². The first-order valence-electron chi connectivity index (χ1n) is 10.8. The standard InChI is InChI=1S/C26H33BrO4Si/c1-20(16-24(21(2)18-28)31-25(29)17-27)19-30-32(26(3,4)5,22-12-8-6-9-13-22)23-14-10-7-11-15-23/h6-16,18,21,24H,17,19H2,1-5H3/b20-16-/t21-,24-/m1/s1. The minimum Gasteiger partial charge on any atom is -0.457 e. The van der Waals surface area contributed by atoms with Gasteiger partial charge in [0.1, 0.15) is 17.7 Å². The summed E-state index contributed by atoms with van der Waals surface area (Å²) in [6, 6.07) is 20.9. The molecule has 0 heterocycles. The first-order valence-corrected chi connectivity index (χ1v) is 13.8. The van der Waals surface area contributed by atoms with Crippen LogP contribution in [-0.4, -0.2) is 38.6 Å². The molecule has 0 unspecified atom stereocenters. The third-order valence-electron chi connectivity index (χ3n) is 5.49. The summed E-state index contributed by atoms with van der Waals surface area (Å²) in [5.41, 5.74) is 0.916. The Hall–Kier alpha value is -2.02. The highest BCUT2D eigenvalue weighted by Gasteiger charge is 2.50. The second-order valence-electron chi connectivity index (χ2n) is 9.05. The molecule has 0 aliphatic rings. The molecule has 2 aromatic carbocycles. The summed E-state index contributed by atoms with van der Waals surface area (Å²) in [7, 11) is -2.66. The smallest absolute Gasteiger partial charge is 0.317 e. The van der Waals surface area contributed by atoms with Crippen LogP contribution in [0.1, 0.15) is 34.6 Å². The number of hydrogen-bond acceptors (Lipinski definition) is 4. The fraction of sp³-hybridized carbons (Fsp3) is 0.385. The van der Waals surface area contributed by atoms with Gasteiger partial charge >= 0.3 is 5.97 Å². The Kier molecular flexibility index (Phi) is 9.61. The predicted molar refractivity (Wildman–Crippen MR) is 136 cm³/mol. The van der Waals surface area contributed by atoms with E-state index in [4.69, 9.17) is 9.16 Å². The molecule has 32 heavy (non-hydrogen) atoms. The van der Waals surface area contributed by atoms with Crippen LogP contribution >= 0.6 is 15.9 Å². The lowest BCUT2D eigenvalue weighted by molar-refractivity contribution is -0.145. The molecule has 0 spiro atoms. The molecule has 0 radical (unpaired) electrons. The van der Waals surface area contributed by atoms with E-state index in [2.05, 4.69) is 85.2 Å². The quantitative estimate of drug-likeness (QED) is 0.151. The maximum Gasteiger partial charge on any atom is 0.317 e.